The van der Waals surface area contributed by atoms with Gasteiger partial charge < -0.3 is 15.0 Å². The first kappa shape index (κ1) is 17.0. The van der Waals surface area contributed by atoms with Gasteiger partial charge in [-0.25, -0.2) is 4.79 Å². The molecule has 1 saturated carbocycles. The summed E-state index contributed by atoms with van der Waals surface area (Å²) >= 11 is 0. The minimum Gasteiger partial charge on any atom is -0.462 e. The highest BCUT2D eigenvalue weighted by Gasteiger charge is 2.30. The monoisotopic (exact) mass is 318 g/mol. The number of carbonyl (C=O) groups excluding carboxylic acids is 3. The molecule has 2 rings (SSSR count). The molecule has 1 aliphatic rings. The first-order chi connectivity index (χ1) is 11.0. The Morgan fingerprint density at radius 1 is 1.22 bits per heavy atom. The van der Waals surface area contributed by atoms with Crippen molar-refractivity contribution in [2.75, 3.05) is 18.5 Å². The van der Waals surface area contributed by atoms with Crippen LogP contribution in [0.3, 0.4) is 0 Å². The molecule has 6 heteroatoms. The quantitative estimate of drug-likeness (QED) is 0.782. The van der Waals surface area contributed by atoms with E-state index in [2.05, 4.69) is 5.32 Å². The third-order valence-electron chi connectivity index (χ3n) is 3.65. The largest absolute Gasteiger partial charge is 0.462 e. The Bertz CT molecular complexity index is 579. The van der Waals surface area contributed by atoms with Crippen LogP contribution in [0.5, 0.6) is 0 Å². The average Bonchev–Trinajstić information content (AvgIpc) is 3.33. The predicted octanol–water partition coefficient (Wildman–Crippen LogP) is 2.20. The molecule has 0 atom stereocenters. The highest BCUT2D eigenvalue weighted by molar-refractivity contribution is 5.93. The van der Waals surface area contributed by atoms with Crippen LogP contribution in [-0.2, 0) is 14.3 Å². The lowest BCUT2D eigenvalue weighted by atomic mass is 10.2. The van der Waals surface area contributed by atoms with E-state index in [0.717, 1.165) is 12.8 Å². The summed E-state index contributed by atoms with van der Waals surface area (Å²) in [6.45, 7) is 4.04. The van der Waals surface area contributed by atoms with Crippen molar-refractivity contribution in [3.05, 3.63) is 29.8 Å². The second-order valence-electron chi connectivity index (χ2n) is 5.54. The predicted molar refractivity (Wildman–Crippen MR) is 86.1 cm³/mol. The molecule has 0 aliphatic heterocycles. The standard InChI is InChI=1S/C17H22N2O4/c1-3-23-17(22)13-4-6-14(7-5-13)18-16(21)10-11-19(12(2)20)15-8-9-15/h4-7,15H,3,8-11H2,1-2H3,(H,18,21). The molecule has 23 heavy (non-hydrogen) atoms. The van der Waals surface area contributed by atoms with Crippen molar-refractivity contribution in [2.45, 2.75) is 39.2 Å². The Labute approximate surface area is 135 Å². The average molecular weight is 318 g/mol. The van der Waals surface area contributed by atoms with Gasteiger partial charge in [0.05, 0.1) is 12.2 Å². The van der Waals surface area contributed by atoms with Gasteiger partial charge in [-0.2, -0.15) is 0 Å². The fourth-order valence-corrected chi connectivity index (χ4v) is 2.33. The van der Waals surface area contributed by atoms with Crippen molar-refractivity contribution in [2.24, 2.45) is 0 Å². The molecule has 1 N–H and O–H groups in total. The molecule has 0 heterocycles. The molecule has 0 saturated heterocycles. The Morgan fingerprint density at radius 2 is 1.87 bits per heavy atom. The molecule has 0 unspecified atom stereocenters. The Kier molecular flexibility index (Phi) is 5.73. The minimum atomic E-state index is -0.382. The molecule has 6 nitrogen and oxygen atoms in total. The van der Waals surface area contributed by atoms with Crippen molar-refractivity contribution >= 4 is 23.5 Å². The van der Waals surface area contributed by atoms with E-state index >= 15 is 0 Å². The molecular formula is C17H22N2O4. The maximum atomic E-state index is 12.0. The van der Waals surface area contributed by atoms with Crippen LogP contribution >= 0.6 is 0 Å². The third-order valence-corrected chi connectivity index (χ3v) is 3.65. The zero-order chi connectivity index (χ0) is 16.8. The summed E-state index contributed by atoms with van der Waals surface area (Å²) in [5.41, 5.74) is 1.06. The molecule has 1 fully saturated rings. The Balaban J connectivity index is 1.82. The molecule has 1 aliphatic carbocycles. The number of benzene rings is 1. The highest BCUT2D eigenvalue weighted by Crippen LogP contribution is 2.26. The van der Waals surface area contributed by atoms with Crippen LogP contribution in [0.15, 0.2) is 24.3 Å². The number of ether oxygens (including phenoxy) is 1. The van der Waals surface area contributed by atoms with Crippen LogP contribution in [0, 0.1) is 0 Å². The lowest BCUT2D eigenvalue weighted by Gasteiger charge is -2.20. The third kappa shape index (κ3) is 5.09. The van der Waals surface area contributed by atoms with Gasteiger partial charge >= 0.3 is 5.97 Å². The van der Waals surface area contributed by atoms with Gasteiger partial charge in [0.15, 0.2) is 0 Å². The number of hydrogen-bond donors (Lipinski definition) is 1. The van der Waals surface area contributed by atoms with Gasteiger partial charge in [-0.05, 0) is 44.0 Å². The molecule has 124 valence electrons. The fourth-order valence-electron chi connectivity index (χ4n) is 2.33. The number of carbonyl (C=O) groups is 3. The molecule has 1 aromatic carbocycles. The molecular weight excluding hydrogens is 296 g/mol. The number of hydrogen-bond acceptors (Lipinski definition) is 4. The zero-order valence-electron chi connectivity index (χ0n) is 13.5. The SMILES string of the molecule is CCOC(=O)c1ccc(NC(=O)CCN(C(C)=O)C2CC2)cc1. The van der Waals surface area contributed by atoms with E-state index in [9.17, 15) is 14.4 Å². The number of esters is 1. The Morgan fingerprint density at radius 3 is 2.39 bits per heavy atom. The van der Waals surface area contributed by atoms with E-state index in [-0.39, 0.29) is 24.2 Å². The van der Waals surface area contributed by atoms with Gasteiger partial charge in [0.25, 0.3) is 0 Å². The number of nitrogens with zero attached hydrogens (tertiary/aromatic N) is 1. The maximum Gasteiger partial charge on any atom is 0.338 e. The molecule has 2 amide bonds. The van der Waals surface area contributed by atoms with E-state index < -0.39 is 0 Å². The van der Waals surface area contributed by atoms with Crippen LogP contribution in [-0.4, -0.2) is 41.9 Å². The zero-order valence-corrected chi connectivity index (χ0v) is 13.5. The van der Waals surface area contributed by atoms with E-state index in [1.54, 1.807) is 36.1 Å². The lowest BCUT2D eigenvalue weighted by molar-refractivity contribution is -0.129. The van der Waals surface area contributed by atoms with Gasteiger partial charge in [0, 0.05) is 31.6 Å². The van der Waals surface area contributed by atoms with Crippen LogP contribution < -0.4 is 5.32 Å². The molecule has 0 spiro atoms. The summed E-state index contributed by atoms with van der Waals surface area (Å²) in [5.74, 6) is -0.521. The van der Waals surface area contributed by atoms with Crippen molar-refractivity contribution in [1.29, 1.82) is 0 Å². The smallest absolute Gasteiger partial charge is 0.338 e. The summed E-state index contributed by atoms with van der Waals surface area (Å²) in [6.07, 6.45) is 2.31. The van der Waals surface area contributed by atoms with E-state index in [0.29, 0.717) is 30.4 Å². The second kappa shape index (κ2) is 7.76. The number of anilines is 1. The van der Waals surface area contributed by atoms with Crippen molar-refractivity contribution in [3.63, 3.8) is 0 Å². The van der Waals surface area contributed by atoms with E-state index in [1.165, 1.54) is 6.92 Å². The first-order valence-electron chi connectivity index (χ1n) is 7.85. The number of nitrogens with one attached hydrogen (secondary N) is 1. The van der Waals surface area contributed by atoms with Crippen molar-refractivity contribution in [1.82, 2.24) is 4.90 Å². The lowest BCUT2D eigenvalue weighted by Crippen LogP contribution is -2.33. The summed E-state index contributed by atoms with van der Waals surface area (Å²) in [6, 6.07) is 6.85. The van der Waals surface area contributed by atoms with Crippen LogP contribution in [0.4, 0.5) is 5.69 Å². The minimum absolute atomic E-state index is 0.0130. The van der Waals surface area contributed by atoms with Gasteiger partial charge in [-0.1, -0.05) is 0 Å². The first-order valence-corrected chi connectivity index (χ1v) is 7.85. The summed E-state index contributed by atoms with van der Waals surface area (Å²) < 4.78 is 4.90. The summed E-state index contributed by atoms with van der Waals surface area (Å²) in [5, 5.41) is 2.76. The summed E-state index contributed by atoms with van der Waals surface area (Å²) in [4.78, 5) is 36.8. The summed E-state index contributed by atoms with van der Waals surface area (Å²) in [7, 11) is 0. The van der Waals surface area contributed by atoms with E-state index in [1.807, 2.05) is 0 Å². The van der Waals surface area contributed by atoms with E-state index in [4.69, 9.17) is 4.74 Å². The topological polar surface area (TPSA) is 75.7 Å². The second-order valence-corrected chi connectivity index (χ2v) is 5.54. The fraction of sp³-hybridized carbons (Fsp3) is 0.471. The van der Waals surface area contributed by atoms with Crippen LogP contribution in [0.1, 0.15) is 43.5 Å². The van der Waals surface area contributed by atoms with Gasteiger partial charge in [0.2, 0.25) is 11.8 Å². The highest BCUT2D eigenvalue weighted by atomic mass is 16.5. The molecule has 0 radical (unpaired) electrons. The van der Waals surface area contributed by atoms with Gasteiger partial charge in [0.1, 0.15) is 0 Å². The van der Waals surface area contributed by atoms with Crippen molar-refractivity contribution in [3.8, 4) is 0 Å². The molecule has 0 bridgehead atoms. The van der Waals surface area contributed by atoms with Crippen LogP contribution in [0.2, 0.25) is 0 Å². The van der Waals surface area contributed by atoms with Gasteiger partial charge in [-0.3, -0.25) is 9.59 Å². The van der Waals surface area contributed by atoms with Crippen molar-refractivity contribution < 1.29 is 19.1 Å². The molecule has 1 aromatic rings. The van der Waals surface area contributed by atoms with Crippen LogP contribution in [0.25, 0.3) is 0 Å². The number of rotatable bonds is 7. The maximum absolute atomic E-state index is 12.0. The number of amides is 2. The Hall–Kier alpha value is -2.37. The normalized spacial score (nSPS) is 13.3. The van der Waals surface area contributed by atoms with Gasteiger partial charge in [-0.15, -0.1) is 0 Å². The molecule has 0 aromatic heterocycles.